The maximum Gasteiger partial charge on any atom is 0.120 e. The Kier molecular flexibility index (Phi) is 6.68. The lowest BCUT2D eigenvalue weighted by molar-refractivity contribution is 0.0940. The van der Waals surface area contributed by atoms with Gasteiger partial charge in [0.25, 0.3) is 0 Å². The van der Waals surface area contributed by atoms with Crippen LogP contribution in [0.1, 0.15) is 32.3 Å². The van der Waals surface area contributed by atoms with E-state index in [9.17, 15) is 5.11 Å². The average Bonchev–Trinajstić information content (AvgIpc) is 2.47. The van der Waals surface area contributed by atoms with Crippen LogP contribution >= 0.6 is 0 Å². The Morgan fingerprint density at radius 3 is 2.68 bits per heavy atom. The molecular weight excluding hydrogens is 276 g/mol. The number of nitrogens with zero attached hydrogens (tertiary/aromatic N) is 2. The Hall–Kier alpha value is -1.10. The number of piperidine rings is 1. The Bertz CT molecular complexity index is 442. The maximum atomic E-state index is 9.39. The highest BCUT2D eigenvalue weighted by Gasteiger charge is 2.22. The van der Waals surface area contributed by atoms with Crippen molar-refractivity contribution in [1.29, 1.82) is 0 Å². The molecule has 0 amide bonds. The average molecular weight is 306 g/mol. The van der Waals surface area contributed by atoms with Crippen molar-refractivity contribution < 1.29 is 9.84 Å². The van der Waals surface area contributed by atoms with Gasteiger partial charge in [0.15, 0.2) is 0 Å². The van der Waals surface area contributed by atoms with E-state index in [1.165, 1.54) is 18.4 Å². The van der Waals surface area contributed by atoms with Gasteiger partial charge in [0.1, 0.15) is 5.75 Å². The van der Waals surface area contributed by atoms with Crippen LogP contribution in [0, 0.1) is 0 Å². The highest BCUT2D eigenvalue weighted by Crippen LogP contribution is 2.21. The molecule has 1 aromatic rings. The second kappa shape index (κ2) is 8.51. The summed E-state index contributed by atoms with van der Waals surface area (Å²) in [5.74, 6) is 0.930. The summed E-state index contributed by atoms with van der Waals surface area (Å²) < 4.78 is 5.78. The van der Waals surface area contributed by atoms with Gasteiger partial charge in [0, 0.05) is 19.1 Å². The van der Waals surface area contributed by atoms with Crippen LogP contribution in [0.25, 0.3) is 0 Å². The molecule has 1 aliphatic rings. The first-order valence-electron chi connectivity index (χ1n) is 8.37. The van der Waals surface area contributed by atoms with Crippen LogP contribution in [0.3, 0.4) is 0 Å². The van der Waals surface area contributed by atoms with E-state index in [0.717, 1.165) is 31.9 Å². The first kappa shape index (κ1) is 17.3. The SMILES string of the molecule is CC(C)Oc1cccc(CN(CCO)C2CCN(C)CC2)c1. The van der Waals surface area contributed by atoms with Gasteiger partial charge in [-0.25, -0.2) is 0 Å². The fourth-order valence-electron chi connectivity index (χ4n) is 3.10. The van der Waals surface area contributed by atoms with Crippen molar-refractivity contribution >= 4 is 0 Å². The fourth-order valence-corrected chi connectivity index (χ4v) is 3.10. The number of rotatable bonds is 7. The van der Waals surface area contributed by atoms with Crippen LogP contribution < -0.4 is 4.74 Å². The van der Waals surface area contributed by atoms with Gasteiger partial charge in [0.2, 0.25) is 0 Å². The lowest BCUT2D eigenvalue weighted by Gasteiger charge is -2.37. The predicted molar refractivity (Wildman–Crippen MR) is 90.2 cm³/mol. The number of aliphatic hydroxyl groups is 1. The van der Waals surface area contributed by atoms with Crippen LogP contribution in [0.15, 0.2) is 24.3 Å². The molecule has 0 saturated carbocycles. The molecule has 4 heteroatoms. The first-order valence-corrected chi connectivity index (χ1v) is 8.37. The van der Waals surface area contributed by atoms with Gasteiger partial charge in [-0.2, -0.15) is 0 Å². The lowest BCUT2D eigenvalue weighted by atomic mass is 10.0. The molecule has 0 atom stereocenters. The van der Waals surface area contributed by atoms with Gasteiger partial charge in [0.05, 0.1) is 12.7 Å². The van der Waals surface area contributed by atoms with Gasteiger partial charge >= 0.3 is 0 Å². The number of hydrogen-bond donors (Lipinski definition) is 1. The summed E-state index contributed by atoms with van der Waals surface area (Å²) in [5, 5.41) is 9.39. The zero-order valence-electron chi connectivity index (χ0n) is 14.2. The summed E-state index contributed by atoms with van der Waals surface area (Å²) in [6.07, 6.45) is 2.55. The molecular formula is C18H30N2O2. The summed E-state index contributed by atoms with van der Waals surface area (Å²) in [6, 6.07) is 8.90. The number of benzene rings is 1. The van der Waals surface area contributed by atoms with Crippen molar-refractivity contribution in [3.05, 3.63) is 29.8 Å². The van der Waals surface area contributed by atoms with Crippen molar-refractivity contribution in [2.24, 2.45) is 0 Å². The third-order valence-corrected chi connectivity index (χ3v) is 4.25. The maximum absolute atomic E-state index is 9.39. The quantitative estimate of drug-likeness (QED) is 0.839. The molecule has 1 aliphatic heterocycles. The van der Waals surface area contributed by atoms with Crippen molar-refractivity contribution in [3.8, 4) is 5.75 Å². The third kappa shape index (κ3) is 5.27. The number of ether oxygens (including phenoxy) is 1. The minimum absolute atomic E-state index is 0.192. The van der Waals surface area contributed by atoms with Crippen LogP contribution in [-0.4, -0.2) is 60.3 Å². The number of aliphatic hydroxyl groups excluding tert-OH is 1. The van der Waals surface area contributed by atoms with Gasteiger partial charge in [-0.1, -0.05) is 12.1 Å². The third-order valence-electron chi connectivity index (χ3n) is 4.25. The van der Waals surface area contributed by atoms with E-state index in [-0.39, 0.29) is 12.7 Å². The van der Waals surface area contributed by atoms with E-state index in [2.05, 4.69) is 35.0 Å². The molecule has 1 aromatic carbocycles. The Morgan fingerprint density at radius 2 is 2.05 bits per heavy atom. The van der Waals surface area contributed by atoms with E-state index in [1.807, 2.05) is 19.9 Å². The number of likely N-dealkylation sites (tertiary alicyclic amines) is 1. The zero-order valence-corrected chi connectivity index (χ0v) is 14.2. The molecule has 0 aliphatic carbocycles. The highest BCUT2D eigenvalue weighted by molar-refractivity contribution is 5.28. The largest absolute Gasteiger partial charge is 0.491 e. The molecule has 1 N–H and O–H groups in total. The van der Waals surface area contributed by atoms with Crippen molar-refractivity contribution in [1.82, 2.24) is 9.80 Å². The fraction of sp³-hybridized carbons (Fsp3) is 0.667. The van der Waals surface area contributed by atoms with Crippen molar-refractivity contribution in [2.75, 3.05) is 33.3 Å². The normalized spacial score (nSPS) is 17.4. The lowest BCUT2D eigenvalue weighted by Crippen LogP contribution is -2.44. The van der Waals surface area contributed by atoms with E-state index in [0.29, 0.717) is 6.04 Å². The number of hydrogen-bond acceptors (Lipinski definition) is 4. The molecule has 1 fully saturated rings. The molecule has 1 saturated heterocycles. The molecule has 124 valence electrons. The van der Waals surface area contributed by atoms with Gasteiger partial charge in [-0.15, -0.1) is 0 Å². The highest BCUT2D eigenvalue weighted by atomic mass is 16.5. The van der Waals surface area contributed by atoms with Crippen LogP contribution in [0.5, 0.6) is 5.75 Å². The van der Waals surface area contributed by atoms with Gasteiger partial charge in [-0.3, -0.25) is 4.90 Å². The van der Waals surface area contributed by atoms with Gasteiger partial charge in [-0.05, 0) is 64.5 Å². The minimum atomic E-state index is 0.192. The van der Waals surface area contributed by atoms with Crippen molar-refractivity contribution in [3.63, 3.8) is 0 Å². The molecule has 0 aromatic heterocycles. The van der Waals surface area contributed by atoms with Crippen LogP contribution in [-0.2, 0) is 6.54 Å². The minimum Gasteiger partial charge on any atom is -0.491 e. The summed E-state index contributed by atoms with van der Waals surface area (Å²) in [5.41, 5.74) is 1.26. The van der Waals surface area contributed by atoms with Crippen LogP contribution in [0.4, 0.5) is 0 Å². The predicted octanol–water partition coefficient (Wildman–Crippen LogP) is 2.36. The second-order valence-corrected chi connectivity index (χ2v) is 6.54. The topological polar surface area (TPSA) is 35.9 Å². The molecule has 1 heterocycles. The molecule has 0 radical (unpaired) electrons. The molecule has 0 bridgehead atoms. The van der Waals surface area contributed by atoms with E-state index < -0.39 is 0 Å². The van der Waals surface area contributed by atoms with Gasteiger partial charge < -0.3 is 14.7 Å². The monoisotopic (exact) mass is 306 g/mol. The van der Waals surface area contributed by atoms with Crippen LogP contribution in [0.2, 0.25) is 0 Å². The first-order chi connectivity index (χ1) is 10.6. The summed E-state index contributed by atoms with van der Waals surface area (Å²) in [4.78, 5) is 4.80. The molecule has 0 unspecified atom stereocenters. The molecule has 0 spiro atoms. The standard InChI is InChI=1S/C18H30N2O2/c1-15(2)22-18-6-4-5-16(13-18)14-20(11-12-21)17-7-9-19(3)10-8-17/h4-6,13,15,17,21H,7-12,14H2,1-3H3. The molecule has 4 nitrogen and oxygen atoms in total. The van der Waals surface area contributed by atoms with Crippen molar-refractivity contribution in [2.45, 2.75) is 45.4 Å². The Morgan fingerprint density at radius 1 is 1.32 bits per heavy atom. The molecule has 2 rings (SSSR count). The summed E-state index contributed by atoms with van der Waals surface area (Å²) >= 11 is 0. The smallest absolute Gasteiger partial charge is 0.120 e. The van der Waals surface area contributed by atoms with E-state index >= 15 is 0 Å². The summed E-state index contributed by atoms with van der Waals surface area (Å²) in [6.45, 7) is 8.21. The Balaban J connectivity index is 2.01. The second-order valence-electron chi connectivity index (χ2n) is 6.54. The molecule has 22 heavy (non-hydrogen) atoms. The van der Waals surface area contributed by atoms with E-state index in [4.69, 9.17) is 4.74 Å². The van der Waals surface area contributed by atoms with E-state index in [1.54, 1.807) is 0 Å². The summed E-state index contributed by atoms with van der Waals surface area (Å²) in [7, 11) is 2.18. The zero-order chi connectivity index (χ0) is 15.9. The Labute approximate surface area is 134 Å².